The molecular formula is C27H34N4O5. The number of benzene rings is 1. The average Bonchev–Trinajstić information content (AvgIpc) is 3.29. The van der Waals surface area contributed by atoms with Crippen molar-refractivity contribution in [3.63, 3.8) is 0 Å². The molecule has 3 rings (SSSR count). The Labute approximate surface area is 211 Å². The lowest BCUT2D eigenvalue weighted by molar-refractivity contribution is -0.138. The van der Waals surface area contributed by atoms with Crippen LogP contribution in [-0.4, -0.2) is 64.7 Å². The number of carboxylic acids is 1. The average molecular weight is 495 g/mol. The highest BCUT2D eigenvalue weighted by Gasteiger charge is 2.26. The molecule has 0 radical (unpaired) electrons. The molecule has 0 aliphatic carbocycles. The van der Waals surface area contributed by atoms with Crippen molar-refractivity contribution in [3.05, 3.63) is 51.8 Å². The van der Waals surface area contributed by atoms with Crippen LogP contribution in [0, 0.1) is 13.8 Å². The van der Waals surface area contributed by atoms with Gasteiger partial charge in [0.25, 0.3) is 11.8 Å². The molecule has 0 saturated carbocycles. The molecule has 1 aromatic heterocycles. The molecule has 0 atom stereocenters. The number of aryl methyl sites for hydroxylation is 1. The second-order valence-corrected chi connectivity index (χ2v) is 8.95. The minimum absolute atomic E-state index is 0.0347. The summed E-state index contributed by atoms with van der Waals surface area (Å²) < 4.78 is 0. The number of ketones is 1. The predicted octanol–water partition coefficient (Wildman–Crippen LogP) is 3.17. The van der Waals surface area contributed by atoms with Crippen LogP contribution >= 0.6 is 0 Å². The summed E-state index contributed by atoms with van der Waals surface area (Å²) in [4.78, 5) is 54.0. The number of aromatic amines is 1. The number of likely N-dealkylation sites (N-methyl/N-ethyl adjacent to an activating group) is 1. The van der Waals surface area contributed by atoms with Crippen LogP contribution < -0.4 is 10.6 Å². The Bertz CT molecular complexity index is 1210. The molecule has 192 valence electrons. The lowest BCUT2D eigenvalue weighted by Crippen LogP contribution is -2.35. The molecule has 0 bridgehead atoms. The van der Waals surface area contributed by atoms with Crippen LogP contribution in [-0.2, 0) is 20.8 Å². The minimum atomic E-state index is -1.01. The van der Waals surface area contributed by atoms with E-state index in [0.717, 1.165) is 30.9 Å². The van der Waals surface area contributed by atoms with E-state index in [1.54, 1.807) is 24.3 Å². The third-order valence-corrected chi connectivity index (χ3v) is 6.49. The summed E-state index contributed by atoms with van der Waals surface area (Å²) in [5.41, 5.74) is 5.16. The third-order valence-electron chi connectivity index (χ3n) is 6.49. The van der Waals surface area contributed by atoms with Gasteiger partial charge in [0.2, 0.25) is 0 Å². The van der Waals surface area contributed by atoms with Gasteiger partial charge in [-0.3, -0.25) is 19.2 Å². The quantitative estimate of drug-likeness (QED) is 0.335. The summed E-state index contributed by atoms with van der Waals surface area (Å²) in [6.45, 7) is 11.0. The Morgan fingerprint density at radius 3 is 2.50 bits per heavy atom. The molecule has 1 aromatic carbocycles. The van der Waals surface area contributed by atoms with E-state index in [0.29, 0.717) is 40.2 Å². The number of aliphatic carboxylic acids is 1. The van der Waals surface area contributed by atoms with E-state index in [2.05, 4.69) is 34.4 Å². The van der Waals surface area contributed by atoms with E-state index < -0.39 is 5.97 Å². The first-order valence-electron chi connectivity index (χ1n) is 12.2. The molecule has 0 unspecified atom stereocenters. The standard InChI is InChI=1S/C27H34N4O5/c1-5-31(6-2)12-11-28-27(36)25-16(3)23(29-17(25)4)15-21-20-14-18(7-9-22(20)30-26(21)35)13-19(32)8-10-24(33)34/h7,9,14-15,29H,5-6,8,10-13H2,1-4H3,(H,28,36)(H,30,35)(H,33,34)/b21-15-. The summed E-state index contributed by atoms with van der Waals surface area (Å²) in [6, 6.07) is 5.28. The fraction of sp³-hybridized carbons (Fsp3) is 0.407. The molecule has 9 nitrogen and oxygen atoms in total. The van der Waals surface area contributed by atoms with Crippen molar-refractivity contribution in [1.82, 2.24) is 15.2 Å². The Kier molecular flexibility index (Phi) is 8.82. The van der Waals surface area contributed by atoms with Crippen molar-refractivity contribution in [2.45, 2.75) is 47.0 Å². The van der Waals surface area contributed by atoms with Crippen molar-refractivity contribution in [2.24, 2.45) is 0 Å². The van der Waals surface area contributed by atoms with E-state index in [1.165, 1.54) is 0 Å². The van der Waals surface area contributed by atoms with Crippen LogP contribution in [0.5, 0.6) is 0 Å². The number of carbonyl (C=O) groups excluding carboxylic acids is 3. The zero-order valence-corrected chi connectivity index (χ0v) is 21.3. The number of hydrogen-bond donors (Lipinski definition) is 4. The number of aromatic nitrogens is 1. The van der Waals surface area contributed by atoms with Gasteiger partial charge in [0.1, 0.15) is 5.78 Å². The fourth-order valence-electron chi connectivity index (χ4n) is 4.41. The lowest BCUT2D eigenvalue weighted by atomic mass is 9.99. The highest BCUT2D eigenvalue weighted by atomic mass is 16.4. The van der Waals surface area contributed by atoms with Crippen molar-refractivity contribution >= 4 is 40.9 Å². The van der Waals surface area contributed by atoms with Crippen LogP contribution in [0.1, 0.15) is 65.1 Å². The van der Waals surface area contributed by atoms with Gasteiger partial charge in [0.05, 0.1) is 17.6 Å². The Balaban J connectivity index is 1.81. The maximum absolute atomic E-state index is 12.9. The molecule has 2 aromatic rings. The summed E-state index contributed by atoms with van der Waals surface area (Å²) in [6.07, 6.45) is 1.59. The molecular weight excluding hydrogens is 460 g/mol. The first-order chi connectivity index (χ1) is 17.1. The van der Waals surface area contributed by atoms with Gasteiger partial charge < -0.3 is 25.6 Å². The van der Waals surface area contributed by atoms with Crippen molar-refractivity contribution < 1.29 is 24.3 Å². The summed E-state index contributed by atoms with van der Waals surface area (Å²) >= 11 is 0. The molecule has 2 heterocycles. The zero-order valence-electron chi connectivity index (χ0n) is 21.3. The van der Waals surface area contributed by atoms with Crippen molar-refractivity contribution in [2.75, 3.05) is 31.5 Å². The second kappa shape index (κ2) is 11.8. The number of H-pyrrole nitrogens is 1. The van der Waals surface area contributed by atoms with Crippen molar-refractivity contribution in [3.8, 4) is 0 Å². The van der Waals surface area contributed by atoms with Gasteiger partial charge in [0, 0.05) is 48.6 Å². The molecule has 2 amide bonds. The number of hydrogen-bond acceptors (Lipinski definition) is 5. The highest BCUT2D eigenvalue weighted by molar-refractivity contribution is 6.35. The fourth-order valence-corrected chi connectivity index (χ4v) is 4.41. The Morgan fingerprint density at radius 2 is 1.83 bits per heavy atom. The van der Waals surface area contributed by atoms with Crippen LogP contribution in [0.15, 0.2) is 18.2 Å². The zero-order chi connectivity index (χ0) is 26.4. The number of anilines is 1. The smallest absolute Gasteiger partial charge is 0.303 e. The first kappa shape index (κ1) is 26.9. The van der Waals surface area contributed by atoms with Crippen LogP contribution in [0.4, 0.5) is 5.69 Å². The van der Waals surface area contributed by atoms with Crippen molar-refractivity contribution in [1.29, 1.82) is 0 Å². The van der Waals surface area contributed by atoms with Gasteiger partial charge in [-0.05, 0) is 56.3 Å². The molecule has 1 aliphatic heterocycles. The van der Waals surface area contributed by atoms with Crippen LogP contribution in [0.2, 0.25) is 0 Å². The number of fused-ring (bicyclic) bond motifs is 1. The SMILES string of the molecule is CCN(CC)CCNC(=O)c1c(C)[nH]c(/C=C2\C(=O)Nc3ccc(CC(=O)CCC(=O)O)cc32)c1C. The number of rotatable bonds is 12. The maximum Gasteiger partial charge on any atom is 0.303 e. The first-order valence-corrected chi connectivity index (χ1v) is 12.2. The number of Topliss-reactive ketones (excluding diaryl/α,β-unsaturated/α-hetero) is 1. The minimum Gasteiger partial charge on any atom is -0.481 e. The lowest BCUT2D eigenvalue weighted by Gasteiger charge is -2.18. The largest absolute Gasteiger partial charge is 0.481 e. The summed E-state index contributed by atoms with van der Waals surface area (Å²) in [5, 5.41) is 14.6. The van der Waals surface area contributed by atoms with Crippen LogP contribution in [0.3, 0.4) is 0 Å². The molecule has 1 aliphatic rings. The van der Waals surface area contributed by atoms with Gasteiger partial charge >= 0.3 is 5.97 Å². The topological polar surface area (TPSA) is 132 Å². The number of carbonyl (C=O) groups is 4. The summed E-state index contributed by atoms with van der Waals surface area (Å²) in [7, 11) is 0. The van der Waals surface area contributed by atoms with E-state index in [-0.39, 0.29) is 36.9 Å². The normalized spacial score (nSPS) is 13.7. The molecule has 0 spiro atoms. The number of amides is 2. The molecule has 9 heteroatoms. The van der Waals surface area contributed by atoms with E-state index in [4.69, 9.17) is 5.11 Å². The molecule has 4 N–H and O–H groups in total. The monoisotopic (exact) mass is 494 g/mol. The van der Waals surface area contributed by atoms with Gasteiger partial charge in [-0.25, -0.2) is 0 Å². The molecule has 0 saturated heterocycles. The van der Waals surface area contributed by atoms with Gasteiger partial charge in [-0.15, -0.1) is 0 Å². The van der Waals surface area contributed by atoms with E-state index >= 15 is 0 Å². The molecule has 36 heavy (non-hydrogen) atoms. The second-order valence-electron chi connectivity index (χ2n) is 8.95. The number of nitrogens with one attached hydrogen (secondary N) is 3. The number of nitrogens with zero attached hydrogens (tertiary/aromatic N) is 1. The predicted molar refractivity (Wildman–Crippen MR) is 139 cm³/mol. The highest BCUT2D eigenvalue weighted by Crippen LogP contribution is 2.35. The van der Waals surface area contributed by atoms with E-state index in [9.17, 15) is 19.2 Å². The maximum atomic E-state index is 12.9. The Hall–Kier alpha value is -3.72. The van der Waals surface area contributed by atoms with Gasteiger partial charge in [-0.1, -0.05) is 19.9 Å². The summed E-state index contributed by atoms with van der Waals surface area (Å²) in [5.74, 6) is -1.61. The van der Waals surface area contributed by atoms with Crippen LogP contribution in [0.25, 0.3) is 11.6 Å². The Morgan fingerprint density at radius 1 is 1.11 bits per heavy atom. The van der Waals surface area contributed by atoms with E-state index in [1.807, 2.05) is 13.8 Å². The third kappa shape index (κ3) is 6.28. The van der Waals surface area contributed by atoms with Gasteiger partial charge in [0.15, 0.2) is 0 Å². The molecule has 0 fully saturated rings. The van der Waals surface area contributed by atoms with Gasteiger partial charge in [-0.2, -0.15) is 0 Å². The number of carboxylic acid groups (broad SMARTS) is 1.